The summed E-state index contributed by atoms with van der Waals surface area (Å²) in [6, 6.07) is 4.45. The molecule has 1 aromatic carbocycles. The Balaban J connectivity index is 1.91. The van der Waals surface area contributed by atoms with Crippen LogP contribution < -0.4 is 10.6 Å². The minimum Gasteiger partial charge on any atom is -0.372 e. The average Bonchev–Trinajstić information content (AvgIpc) is 2.81. The Kier molecular flexibility index (Phi) is 3.71. The molecule has 2 heterocycles. The first-order valence-corrected chi connectivity index (χ1v) is 8.21. The summed E-state index contributed by atoms with van der Waals surface area (Å²) in [6.45, 7) is 0. The maximum atomic E-state index is 12.8. The molecule has 0 saturated heterocycles. The van der Waals surface area contributed by atoms with Gasteiger partial charge in [0.25, 0.3) is 0 Å². The zero-order chi connectivity index (χ0) is 17.5. The van der Waals surface area contributed by atoms with Gasteiger partial charge in [0.1, 0.15) is 11.4 Å². The van der Waals surface area contributed by atoms with Crippen molar-refractivity contribution in [3.8, 4) is 0 Å². The molecule has 0 spiro atoms. The van der Waals surface area contributed by atoms with Crippen LogP contribution in [0, 0.1) is 0 Å². The third-order valence-corrected chi connectivity index (χ3v) is 4.81. The number of fused-ring (bicyclic) bond motifs is 1. The van der Waals surface area contributed by atoms with E-state index in [1.807, 2.05) is 0 Å². The summed E-state index contributed by atoms with van der Waals surface area (Å²) < 4.78 is 61.8. The van der Waals surface area contributed by atoms with E-state index in [0.29, 0.717) is 17.4 Å². The molecule has 1 aliphatic rings. The first-order valence-electron chi connectivity index (χ1n) is 6.67. The van der Waals surface area contributed by atoms with E-state index in [4.69, 9.17) is 0 Å². The monoisotopic (exact) mass is 356 g/mol. The van der Waals surface area contributed by atoms with Gasteiger partial charge < -0.3 is 10.6 Å². The number of benzene rings is 1. The van der Waals surface area contributed by atoms with Gasteiger partial charge in [-0.2, -0.15) is 18.2 Å². The summed E-state index contributed by atoms with van der Waals surface area (Å²) in [5.74, 6) is -0.402. The minimum absolute atomic E-state index is 0.0443. The highest BCUT2D eigenvalue weighted by atomic mass is 32.2. The van der Waals surface area contributed by atoms with Crippen molar-refractivity contribution in [1.29, 1.82) is 0 Å². The van der Waals surface area contributed by atoms with Crippen molar-refractivity contribution in [2.45, 2.75) is 11.1 Å². The van der Waals surface area contributed by atoms with Crippen LogP contribution in [-0.2, 0) is 16.0 Å². The summed E-state index contributed by atoms with van der Waals surface area (Å²) >= 11 is 0. The number of aromatic nitrogens is 2. The molecule has 3 rings (SSSR count). The maximum absolute atomic E-state index is 12.8. The molecular formula is C14H11F3N4O2S. The van der Waals surface area contributed by atoms with Crippen molar-refractivity contribution < 1.29 is 21.6 Å². The molecule has 0 saturated carbocycles. The molecule has 0 aliphatic carbocycles. The van der Waals surface area contributed by atoms with Crippen LogP contribution in [0.2, 0.25) is 0 Å². The fourth-order valence-electron chi connectivity index (χ4n) is 2.22. The lowest BCUT2D eigenvalue weighted by molar-refractivity contribution is -0.137. The van der Waals surface area contributed by atoms with Gasteiger partial charge in [-0.05, 0) is 29.8 Å². The van der Waals surface area contributed by atoms with Crippen LogP contribution in [0.4, 0.5) is 30.6 Å². The largest absolute Gasteiger partial charge is 0.421 e. The Hall–Kier alpha value is -2.62. The summed E-state index contributed by atoms with van der Waals surface area (Å²) in [4.78, 5) is 7.62. The van der Waals surface area contributed by atoms with E-state index < -0.39 is 21.6 Å². The van der Waals surface area contributed by atoms with E-state index >= 15 is 0 Å². The van der Waals surface area contributed by atoms with Gasteiger partial charge in [-0.1, -0.05) is 0 Å². The predicted octanol–water partition coefficient (Wildman–Crippen LogP) is 3.04. The second-order valence-corrected chi connectivity index (χ2v) is 6.73. The summed E-state index contributed by atoms with van der Waals surface area (Å²) in [7, 11) is -2.08. The quantitative estimate of drug-likeness (QED) is 0.879. The molecule has 2 N–H and O–H groups in total. The number of halogens is 3. The molecule has 6 nitrogen and oxygen atoms in total. The van der Waals surface area contributed by atoms with Crippen molar-refractivity contribution >= 4 is 33.4 Å². The first kappa shape index (κ1) is 16.2. The molecule has 0 amide bonds. The van der Waals surface area contributed by atoms with Crippen molar-refractivity contribution in [3.05, 3.63) is 40.9 Å². The fraction of sp³-hybridized carbons (Fsp3) is 0.143. The third-order valence-electron chi connectivity index (χ3n) is 3.33. The first-order chi connectivity index (χ1) is 11.2. The predicted molar refractivity (Wildman–Crippen MR) is 82.5 cm³/mol. The van der Waals surface area contributed by atoms with Crippen molar-refractivity contribution in [1.82, 2.24) is 9.97 Å². The summed E-state index contributed by atoms with van der Waals surface area (Å²) in [5, 5.41) is 6.23. The molecule has 126 valence electrons. The third kappa shape index (κ3) is 2.92. The number of alkyl halides is 3. The average molecular weight is 356 g/mol. The van der Waals surface area contributed by atoms with Crippen molar-refractivity contribution in [3.63, 3.8) is 0 Å². The van der Waals surface area contributed by atoms with E-state index in [2.05, 4.69) is 20.6 Å². The van der Waals surface area contributed by atoms with Crippen LogP contribution in [-0.4, -0.2) is 25.4 Å². The van der Waals surface area contributed by atoms with E-state index in [9.17, 15) is 21.6 Å². The lowest BCUT2D eigenvalue weighted by Crippen LogP contribution is -2.12. The SMILES string of the molecule is CNc1nc(Nc2ccc3c(c2)C=CS3(=O)=O)ncc1C(F)(F)F. The Morgan fingerprint density at radius 3 is 2.62 bits per heavy atom. The molecule has 0 fully saturated rings. The van der Waals surface area contributed by atoms with Gasteiger partial charge in [0, 0.05) is 24.3 Å². The number of rotatable bonds is 3. The highest BCUT2D eigenvalue weighted by Crippen LogP contribution is 2.34. The van der Waals surface area contributed by atoms with Crippen LogP contribution in [0.5, 0.6) is 0 Å². The number of sulfone groups is 1. The molecule has 2 aromatic rings. The van der Waals surface area contributed by atoms with E-state index in [0.717, 1.165) is 5.41 Å². The van der Waals surface area contributed by atoms with Gasteiger partial charge in [0.05, 0.1) is 4.90 Å². The van der Waals surface area contributed by atoms with Gasteiger partial charge in [0.15, 0.2) is 9.84 Å². The molecule has 10 heteroatoms. The summed E-state index contributed by atoms with van der Waals surface area (Å²) in [6.07, 6.45) is -2.44. The molecule has 0 bridgehead atoms. The Morgan fingerprint density at radius 1 is 1.21 bits per heavy atom. The van der Waals surface area contributed by atoms with E-state index in [1.165, 1.54) is 25.3 Å². The molecule has 0 atom stereocenters. The fourth-order valence-corrected chi connectivity index (χ4v) is 3.41. The lowest BCUT2D eigenvalue weighted by atomic mass is 10.2. The summed E-state index contributed by atoms with van der Waals surface area (Å²) in [5.41, 5.74) is -0.0309. The van der Waals surface area contributed by atoms with Crippen LogP contribution in [0.3, 0.4) is 0 Å². The zero-order valence-electron chi connectivity index (χ0n) is 12.2. The number of nitrogens with zero attached hydrogens (tertiary/aromatic N) is 2. The number of hydrogen-bond donors (Lipinski definition) is 2. The van der Waals surface area contributed by atoms with Gasteiger partial charge >= 0.3 is 6.18 Å². The minimum atomic E-state index is -4.57. The second-order valence-electron chi connectivity index (χ2n) is 4.93. The number of nitrogens with one attached hydrogen (secondary N) is 2. The molecule has 0 radical (unpaired) electrons. The van der Waals surface area contributed by atoms with Gasteiger partial charge in [0.2, 0.25) is 5.95 Å². The normalized spacial score (nSPS) is 15.2. The molecule has 1 aromatic heterocycles. The van der Waals surface area contributed by atoms with E-state index in [-0.39, 0.29) is 16.7 Å². The number of hydrogen-bond acceptors (Lipinski definition) is 6. The van der Waals surface area contributed by atoms with Crippen LogP contribution in [0.15, 0.2) is 34.7 Å². The Labute approximate surface area is 135 Å². The van der Waals surface area contributed by atoms with Gasteiger partial charge in [-0.3, -0.25) is 0 Å². The highest BCUT2D eigenvalue weighted by Gasteiger charge is 2.35. The Morgan fingerprint density at radius 2 is 1.96 bits per heavy atom. The van der Waals surface area contributed by atoms with Crippen LogP contribution >= 0.6 is 0 Å². The molecule has 0 unspecified atom stereocenters. The second kappa shape index (κ2) is 5.48. The topological polar surface area (TPSA) is 84.0 Å². The van der Waals surface area contributed by atoms with Crippen LogP contribution in [0.1, 0.15) is 11.1 Å². The molecule has 1 aliphatic heterocycles. The number of anilines is 3. The van der Waals surface area contributed by atoms with Crippen molar-refractivity contribution in [2.75, 3.05) is 17.7 Å². The van der Waals surface area contributed by atoms with Crippen molar-refractivity contribution in [2.24, 2.45) is 0 Å². The maximum Gasteiger partial charge on any atom is 0.421 e. The Bertz CT molecular complexity index is 940. The standard InChI is InChI=1S/C14H11F3N4O2S/c1-18-12-10(14(15,16)17)7-19-13(21-12)20-9-2-3-11-8(6-9)4-5-24(11,22)23/h2-7H,1H3,(H2,18,19,20,21). The van der Waals surface area contributed by atoms with Gasteiger partial charge in [-0.15, -0.1) is 0 Å². The van der Waals surface area contributed by atoms with Crippen LogP contribution in [0.25, 0.3) is 6.08 Å². The smallest absolute Gasteiger partial charge is 0.372 e. The van der Waals surface area contributed by atoms with Gasteiger partial charge in [-0.25, -0.2) is 13.4 Å². The highest BCUT2D eigenvalue weighted by molar-refractivity contribution is 7.94. The molecule has 24 heavy (non-hydrogen) atoms. The van der Waals surface area contributed by atoms with E-state index in [1.54, 1.807) is 6.07 Å². The zero-order valence-corrected chi connectivity index (χ0v) is 13.0. The molecular weight excluding hydrogens is 345 g/mol. The lowest BCUT2D eigenvalue weighted by Gasteiger charge is -2.13.